The first-order valence-corrected chi connectivity index (χ1v) is 8.99. The highest BCUT2D eigenvalue weighted by Crippen LogP contribution is 2.23. The quantitative estimate of drug-likeness (QED) is 0.879. The molecule has 2 heterocycles. The number of amides is 2. The number of aromatic nitrogens is 2. The van der Waals surface area contributed by atoms with E-state index in [-0.39, 0.29) is 30.1 Å². The SMILES string of the molecule is O=C(NC1CC(=O)N(Cc2cccc(F)c2)C1)c1n[nH]c2c1CCCC2. The molecule has 0 radical (unpaired) electrons. The Balaban J connectivity index is 1.39. The van der Waals surface area contributed by atoms with Gasteiger partial charge in [0.05, 0.1) is 6.04 Å². The van der Waals surface area contributed by atoms with Crippen molar-refractivity contribution in [2.45, 2.75) is 44.7 Å². The number of carbonyl (C=O) groups excluding carboxylic acids is 2. The molecule has 1 aromatic carbocycles. The summed E-state index contributed by atoms with van der Waals surface area (Å²) >= 11 is 0. The van der Waals surface area contributed by atoms with Crippen molar-refractivity contribution in [1.82, 2.24) is 20.4 Å². The molecule has 2 amide bonds. The Bertz CT molecular complexity index is 848. The predicted molar refractivity (Wildman–Crippen MR) is 92.9 cm³/mol. The van der Waals surface area contributed by atoms with Crippen LogP contribution in [0.1, 0.15) is 46.6 Å². The fourth-order valence-corrected chi connectivity index (χ4v) is 3.80. The van der Waals surface area contributed by atoms with Crippen LogP contribution in [0.15, 0.2) is 24.3 Å². The minimum Gasteiger partial charge on any atom is -0.346 e. The van der Waals surface area contributed by atoms with Gasteiger partial charge in [0.2, 0.25) is 5.91 Å². The van der Waals surface area contributed by atoms with Crippen LogP contribution in [-0.4, -0.2) is 39.5 Å². The van der Waals surface area contributed by atoms with Gasteiger partial charge in [0.25, 0.3) is 5.91 Å². The maximum Gasteiger partial charge on any atom is 0.272 e. The van der Waals surface area contributed by atoms with Crippen LogP contribution in [0, 0.1) is 5.82 Å². The van der Waals surface area contributed by atoms with Crippen molar-refractivity contribution in [1.29, 1.82) is 0 Å². The first-order chi connectivity index (χ1) is 12.6. The zero-order chi connectivity index (χ0) is 18.1. The molecule has 1 saturated heterocycles. The van der Waals surface area contributed by atoms with Crippen LogP contribution in [0.2, 0.25) is 0 Å². The molecule has 1 aromatic heterocycles. The van der Waals surface area contributed by atoms with E-state index in [0.717, 1.165) is 42.5 Å². The Labute approximate surface area is 150 Å². The summed E-state index contributed by atoms with van der Waals surface area (Å²) in [6.45, 7) is 0.772. The lowest BCUT2D eigenvalue weighted by atomic mass is 9.95. The van der Waals surface area contributed by atoms with Crippen LogP contribution in [0.5, 0.6) is 0 Å². The number of nitrogens with one attached hydrogen (secondary N) is 2. The van der Waals surface area contributed by atoms with E-state index in [9.17, 15) is 14.0 Å². The molecule has 26 heavy (non-hydrogen) atoms. The van der Waals surface area contributed by atoms with Crippen LogP contribution in [0.3, 0.4) is 0 Å². The van der Waals surface area contributed by atoms with Gasteiger partial charge in [-0.1, -0.05) is 12.1 Å². The van der Waals surface area contributed by atoms with Gasteiger partial charge in [-0.15, -0.1) is 0 Å². The number of halogens is 1. The number of H-pyrrole nitrogens is 1. The Kier molecular flexibility index (Phi) is 4.44. The molecule has 0 saturated carbocycles. The predicted octanol–water partition coefficient (Wildman–Crippen LogP) is 1.96. The third-order valence-electron chi connectivity index (χ3n) is 5.08. The van der Waals surface area contributed by atoms with Crippen molar-refractivity contribution in [3.63, 3.8) is 0 Å². The highest BCUT2D eigenvalue weighted by molar-refractivity contribution is 5.95. The summed E-state index contributed by atoms with van der Waals surface area (Å²) in [4.78, 5) is 26.5. The summed E-state index contributed by atoms with van der Waals surface area (Å²) in [5.41, 5.74) is 3.26. The third kappa shape index (κ3) is 3.34. The van der Waals surface area contributed by atoms with E-state index in [0.29, 0.717) is 18.8 Å². The molecule has 4 rings (SSSR count). The Hall–Kier alpha value is -2.70. The first-order valence-electron chi connectivity index (χ1n) is 8.99. The number of hydrogen-bond acceptors (Lipinski definition) is 3. The van der Waals surface area contributed by atoms with Crippen LogP contribution >= 0.6 is 0 Å². The smallest absolute Gasteiger partial charge is 0.272 e. The van der Waals surface area contributed by atoms with Gasteiger partial charge >= 0.3 is 0 Å². The number of nitrogens with zero attached hydrogens (tertiary/aromatic N) is 2. The number of aryl methyl sites for hydroxylation is 1. The first kappa shape index (κ1) is 16.8. The number of carbonyl (C=O) groups is 2. The molecule has 1 atom stereocenters. The van der Waals surface area contributed by atoms with Gasteiger partial charge in [0.15, 0.2) is 5.69 Å². The minimum absolute atomic E-state index is 0.0383. The minimum atomic E-state index is -0.317. The molecule has 0 bridgehead atoms. The summed E-state index contributed by atoms with van der Waals surface area (Å²) in [7, 11) is 0. The lowest BCUT2D eigenvalue weighted by molar-refractivity contribution is -0.128. The Morgan fingerprint density at radius 2 is 2.19 bits per heavy atom. The second kappa shape index (κ2) is 6.90. The average molecular weight is 356 g/mol. The highest BCUT2D eigenvalue weighted by Gasteiger charge is 2.32. The Morgan fingerprint density at radius 1 is 1.35 bits per heavy atom. The van der Waals surface area contributed by atoms with E-state index in [4.69, 9.17) is 0 Å². The van der Waals surface area contributed by atoms with Gasteiger partial charge in [-0.2, -0.15) is 5.10 Å². The summed E-state index contributed by atoms with van der Waals surface area (Å²) < 4.78 is 13.3. The molecule has 2 N–H and O–H groups in total. The van der Waals surface area contributed by atoms with Crippen LogP contribution < -0.4 is 5.32 Å². The van der Waals surface area contributed by atoms with Gasteiger partial charge < -0.3 is 10.2 Å². The lowest BCUT2D eigenvalue weighted by Gasteiger charge is -2.17. The molecule has 1 aliphatic heterocycles. The van der Waals surface area contributed by atoms with Crippen molar-refractivity contribution in [2.75, 3.05) is 6.54 Å². The summed E-state index contributed by atoms with van der Waals surface area (Å²) in [5, 5.41) is 10.1. The molecular weight excluding hydrogens is 335 g/mol. The zero-order valence-electron chi connectivity index (χ0n) is 14.4. The molecule has 1 unspecified atom stereocenters. The molecule has 1 fully saturated rings. The van der Waals surface area contributed by atoms with Crippen LogP contribution in [-0.2, 0) is 24.2 Å². The van der Waals surface area contributed by atoms with E-state index in [1.165, 1.54) is 12.1 Å². The third-order valence-corrected chi connectivity index (χ3v) is 5.08. The fourth-order valence-electron chi connectivity index (χ4n) is 3.80. The summed E-state index contributed by atoms with van der Waals surface area (Å²) in [5.74, 6) is -0.583. The lowest BCUT2D eigenvalue weighted by Crippen LogP contribution is -2.37. The molecule has 6 nitrogen and oxygen atoms in total. The van der Waals surface area contributed by atoms with E-state index in [1.807, 2.05) is 0 Å². The second-order valence-corrected chi connectivity index (χ2v) is 7.02. The van der Waals surface area contributed by atoms with Gasteiger partial charge in [-0.25, -0.2) is 4.39 Å². The molecule has 136 valence electrons. The summed E-state index contributed by atoms with van der Waals surface area (Å²) in [6.07, 6.45) is 4.23. The van der Waals surface area contributed by atoms with E-state index in [1.54, 1.807) is 17.0 Å². The Morgan fingerprint density at radius 3 is 3.04 bits per heavy atom. The van der Waals surface area contributed by atoms with Gasteiger partial charge in [0, 0.05) is 30.8 Å². The number of aromatic amines is 1. The number of fused-ring (bicyclic) bond motifs is 1. The maximum atomic E-state index is 13.3. The van der Waals surface area contributed by atoms with Crippen molar-refractivity contribution < 1.29 is 14.0 Å². The van der Waals surface area contributed by atoms with Crippen molar-refractivity contribution >= 4 is 11.8 Å². The van der Waals surface area contributed by atoms with Gasteiger partial charge in [0.1, 0.15) is 5.82 Å². The van der Waals surface area contributed by atoms with Crippen LogP contribution in [0.25, 0.3) is 0 Å². The average Bonchev–Trinajstić information content (AvgIpc) is 3.19. The van der Waals surface area contributed by atoms with Gasteiger partial charge in [-0.3, -0.25) is 14.7 Å². The second-order valence-electron chi connectivity index (χ2n) is 7.02. The normalized spacial score (nSPS) is 19.5. The number of benzene rings is 1. The monoisotopic (exact) mass is 356 g/mol. The van der Waals surface area contributed by atoms with Crippen molar-refractivity contribution in [3.05, 3.63) is 52.6 Å². The van der Waals surface area contributed by atoms with Crippen molar-refractivity contribution in [3.8, 4) is 0 Å². The van der Waals surface area contributed by atoms with Gasteiger partial charge in [-0.05, 0) is 43.4 Å². The van der Waals surface area contributed by atoms with E-state index in [2.05, 4.69) is 15.5 Å². The standard InChI is InChI=1S/C19H21FN4O2/c20-13-5-3-4-12(8-13)10-24-11-14(9-17(24)25)21-19(26)18-15-6-1-2-7-16(15)22-23-18/h3-5,8,14H,1-2,6-7,9-11H2,(H,21,26)(H,22,23). The molecular formula is C19H21FN4O2. The zero-order valence-corrected chi connectivity index (χ0v) is 14.4. The number of hydrogen-bond donors (Lipinski definition) is 2. The molecule has 2 aromatic rings. The van der Waals surface area contributed by atoms with E-state index >= 15 is 0 Å². The topological polar surface area (TPSA) is 78.1 Å². The molecule has 0 spiro atoms. The maximum absolute atomic E-state index is 13.3. The largest absolute Gasteiger partial charge is 0.346 e. The number of rotatable bonds is 4. The molecule has 7 heteroatoms. The number of likely N-dealkylation sites (tertiary alicyclic amines) is 1. The van der Waals surface area contributed by atoms with E-state index < -0.39 is 0 Å². The molecule has 1 aliphatic carbocycles. The fraction of sp³-hybridized carbons (Fsp3) is 0.421. The van der Waals surface area contributed by atoms with Crippen LogP contribution in [0.4, 0.5) is 4.39 Å². The molecule has 2 aliphatic rings. The highest BCUT2D eigenvalue weighted by atomic mass is 19.1. The summed E-state index contributed by atoms with van der Waals surface area (Å²) in [6, 6.07) is 5.97. The van der Waals surface area contributed by atoms with Crippen molar-refractivity contribution in [2.24, 2.45) is 0 Å².